The minimum atomic E-state index is -4.68. The minimum Gasteiger partial charge on any atom is -0.478 e. The molecule has 4 amide bonds. The third kappa shape index (κ3) is 15.6. The number of primary amides is 2. The van der Waals surface area contributed by atoms with Gasteiger partial charge in [-0.1, -0.05) is 12.1 Å². The van der Waals surface area contributed by atoms with E-state index in [4.69, 9.17) is 22.3 Å². The number of rotatable bonds is 7. The van der Waals surface area contributed by atoms with Crippen molar-refractivity contribution in [1.29, 1.82) is 0 Å². The van der Waals surface area contributed by atoms with Crippen LogP contribution in [0.2, 0.25) is 0 Å². The zero-order valence-electron chi connectivity index (χ0n) is 20.9. The average molecular weight is 637 g/mol. The number of nitrogens with two attached hydrogens (primary N) is 2. The first kappa shape index (κ1) is 36.4. The van der Waals surface area contributed by atoms with Crippen molar-refractivity contribution in [3.8, 4) is 6.01 Å². The zero-order chi connectivity index (χ0) is 32.3. The Balaban J connectivity index is 0.00000154. The molecule has 1 aromatic heterocycles. The number of alkyl halides is 3. The van der Waals surface area contributed by atoms with Gasteiger partial charge >= 0.3 is 40.6 Å². The number of sulfonamides is 1. The van der Waals surface area contributed by atoms with E-state index in [1.807, 2.05) is 5.32 Å². The van der Waals surface area contributed by atoms with Crippen molar-refractivity contribution in [2.75, 3.05) is 30.9 Å². The molecule has 2 rings (SSSR count). The summed E-state index contributed by atoms with van der Waals surface area (Å²) in [5.41, 5.74) is 7.99. The van der Waals surface area contributed by atoms with Gasteiger partial charge in [0.05, 0.1) is 5.56 Å². The number of urea groups is 2. The van der Waals surface area contributed by atoms with Crippen LogP contribution in [0.3, 0.4) is 0 Å². The number of halogens is 3. The number of amides is 4. The van der Waals surface area contributed by atoms with Crippen LogP contribution in [0.5, 0.6) is 6.01 Å². The van der Waals surface area contributed by atoms with Crippen LogP contribution in [0.25, 0.3) is 0 Å². The van der Waals surface area contributed by atoms with E-state index in [1.54, 1.807) is 4.72 Å². The standard InChI is InChI=1S/C16H17F3N6O6S.CH4N2O.H2O4S/c1-8-5-4-6-9(11(26)27)10(8)32(29,30)24-14(28)21-12-20-13(25(2)3)23-15(22-12)31-7-16(17,18)19;2-1(3)4;1-5(2,3)4/h4-6H,7H2,1-3H3,(H,26,27)(H2,20,21,22,23,24,28);(H4,2,3,4);(H2,1,2,3,4). The molecule has 0 aliphatic heterocycles. The average Bonchev–Trinajstić information content (AvgIpc) is 2.74. The number of carbonyl (C=O) groups is 3. The second-order valence-electron chi connectivity index (χ2n) is 7.21. The third-order valence-electron chi connectivity index (χ3n) is 3.53. The molecule has 230 valence electrons. The van der Waals surface area contributed by atoms with Gasteiger partial charge in [0.25, 0.3) is 10.0 Å². The van der Waals surface area contributed by atoms with E-state index >= 15 is 0 Å². The molecule has 9 N–H and O–H groups in total. The van der Waals surface area contributed by atoms with Crippen LogP contribution in [0.15, 0.2) is 23.1 Å². The van der Waals surface area contributed by atoms with Crippen LogP contribution in [0.4, 0.5) is 34.7 Å². The van der Waals surface area contributed by atoms with E-state index in [1.165, 1.54) is 38.1 Å². The van der Waals surface area contributed by atoms with Gasteiger partial charge in [-0.25, -0.2) is 27.5 Å². The van der Waals surface area contributed by atoms with E-state index in [0.717, 1.165) is 6.07 Å². The first-order chi connectivity index (χ1) is 18.4. The number of carboxylic acid groups (broad SMARTS) is 1. The maximum atomic E-state index is 12.6. The molecular formula is C17H23F3N8O11S2. The molecule has 0 aliphatic rings. The van der Waals surface area contributed by atoms with Crippen molar-refractivity contribution in [2.45, 2.75) is 18.0 Å². The lowest BCUT2D eigenvalue weighted by Gasteiger charge is -2.15. The quantitative estimate of drug-likeness (QED) is 0.193. The summed E-state index contributed by atoms with van der Waals surface area (Å²) < 4.78 is 100.0. The maximum Gasteiger partial charge on any atom is 0.422 e. The van der Waals surface area contributed by atoms with Gasteiger partial charge in [-0.05, 0) is 18.6 Å². The van der Waals surface area contributed by atoms with E-state index in [-0.39, 0.29) is 11.5 Å². The number of carboxylic acids is 1. The van der Waals surface area contributed by atoms with Crippen molar-refractivity contribution in [3.63, 3.8) is 0 Å². The van der Waals surface area contributed by atoms with Gasteiger partial charge < -0.3 is 26.2 Å². The number of ether oxygens (including phenoxy) is 1. The Morgan fingerprint density at radius 1 is 1.05 bits per heavy atom. The Kier molecular flexibility index (Phi) is 13.1. The molecule has 2 aromatic rings. The van der Waals surface area contributed by atoms with Gasteiger partial charge in [-0.2, -0.15) is 36.5 Å². The van der Waals surface area contributed by atoms with Crippen molar-refractivity contribution in [3.05, 3.63) is 29.3 Å². The summed E-state index contributed by atoms with van der Waals surface area (Å²) in [6.45, 7) is -0.381. The van der Waals surface area contributed by atoms with Crippen LogP contribution >= 0.6 is 0 Å². The van der Waals surface area contributed by atoms with Crippen molar-refractivity contribution in [2.24, 2.45) is 11.5 Å². The molecule has 0 aliphatic carbocycles. The van der Waals surface area contributed by atoms with Gasteiger partial charge in [0.2, 0.25) is 11.9 Å². The number of nitrogens with one attached hydrogen (secondary N) is 2. The zero-order valence-corrected chi connectivity index (χ0v) is 22.6. The fourth-order valence-electron chi connectivity index (χ4n) is 2.29. The molecule has 0 atom stereocenters. The monoisotopic (exact) mass is 636 g/mol. The van der Waals surface area contributed by atoms with Crippen LogP contribution in [0.1, 0.15) is 15.9 Å². The number of hydrogen-bond donors (Lipinski definition) is 7. The maximum absolute atomic E-state index is 12.6. The molecule has 0 bridgehead atoms. The molecule has 0 radical (unpaired) electrons. The van der Waals surface area contributed by atoms with E-state index in [0.29, 0.717) is 0 Å². The van der Waals surface area contributed by atoms with Crippen molar-refractivity contribution >= 4 is 50.4 Å². The Bertz CT molecular complexity index is 1460. The molecule has 24 heteroatoms. The Morgan fingerprint density at radius 2 is 1.56 bits per heavy atom. The highest BCUT2D eigenvalue weighted by Gasteiger charge is 2.30. The fraction of sp³-hybridized carbons (Fsp3) is 0.294. The molecule has 19 nitrogen and oxygen atoms in total. The summed E-state index contributed by atoms with van der Waals surface area (Å²) in [4.78, 5) is 44.1. The molecule has 0 unspecified atom stereocenters. The molecule has 1 heterocycles. The number of nitrogens with zero attached hydrogens (tertiary/aromatic N) is 4. The summed E-state index contributed by atoms with van der Waals surface area (Å²) in [6.07, 6.45) is -4.68. The second kappa shape index (κ2) is 14.7. The Labute approximate surface area is 229 Å². The van der Waals surface area contributed by atoms with Gasteiger partial charge in [0.1, 0.15) is 4.90 Å². The number of hydrogen-bond acceptors (Lipinski definition) is 12. The molecular weight excluding hydrogens is 613 g/mol. The predicted octanol–water partition coefficient (Wildman–Crippen LogP) is -0.233. The fourth-order valence-corrected chi connectivity index (χ4v) is 3.62. The second-order valence-corrected chi connectivity index (χ2v) is 9.72. The minimum absolute atomic E-state index is 0.0584. The van der Waals surface area contributed by atoms with E-state index in [2.05, 4.69) is 31.2 Å². The van der Waals surface area contributed by atoms with E-state index in [9.17, 15) is 36.3 Å². The first-order valence-corrected chi connectivity index (χ1v) is 12.9. The van der Waals surface area contributed by atoms with E-state index < -0.39 is 73.7 Å². The van der Waals surface area contributed by atoms with Gasteiger partial charge in [-0.3, -0.25) is 14.4 Å². The number of anilines is 2. The van der Waals surface area contributed by atoms with Crippen molar-refractivity contribution < 1.29 is 63.3 Å². The molecule has 0 saturated heterocycles. The summed E-state index contributed by atoms with van der Waals surface area (Å²) in [5, 5.41) is 11.2. The smallest absolute Gasteiger partial charge is 0.422 e. The van der Waals surface area contributed by atoms with Crippen LogP contribution < -0.4 is 31.1 Å². The van der Waals surface area contributed by atoms with Gasteiger partial charge in [0, 0.05) is 14.1 Å². The normalized spacial score (nSPS) is 11.0. The number of aryl methyl sites for hydroxylation is 1. The van der Waals surface area contributed by atoms with Crippen LogP contribution in [-0.4, -0.2) is 90.9 Å². The first-order valence-electron chi connectivity index (χ1n) is 9.97. The lowest BCUT2D eigenvalue weighted by Crippen LogP contribution is -2.36. The van der Waals surface area contributed by atoms with Crippen LogP contribution in [0, 0.1) is 6.92 Å². The Morgan fingerprint density at radius 3 is 2.00 bits per heavy atom. The molecule has 41 heavy (non-hydrogen) atoms. The lowest BCUT2D eigenvalue weighted by atomic mass is 10.1. The molecule has 0 fully saturated rings. The molecule has 0 saturated carbocycles. The topological polar surface area (TPSA) is 307 Å². The molecule has 0 spiro atoms. The summed E-state index contributed by atoms with van der Waals surface area (Å²) in [6, 6.07) is 0.696. The summed E-state index contributed by atoms with van der Waals surface area (Å²) >= 11 is 0. The summed E-state index contributed by atoms with van der Waals surface area (Å²) in [5.74, 6) is -2.34. The number of carbonyl (C=O) groups excluding carboxylic acids is 2. The predicted molar refractivity (Wildman–Crippen MR) is 131 cm³/mol. The van der Waals surface area contributed by atoms with Gasteiger partial charge in [-0.15, -0.1) is 0 Å². The largest absolute Gasteiger partial charge is 0.478 e. The molecule has 1 aromatic carbocycles. The SMILES string of the molecule is Cc1cccc(C(=O)O)c1S(=O)(=O)NC(=O)Nc1nc(OCC(F)(F)F)nc(N(C)C)n1.NC(N)=O.O=S(=O)(O)O. The number of aromatic carboxylic acids is 1. The van der Waals surface area contributed by atoms with Crippen molar-refractivity contribution in [1.82, 2.24) is 19.7 Å². The lowest BCUT2D eigenvalue weighted by molar-refractivity contribution is -0.154. The van der Waals surface area contributed by atoms with Crippen LogP contribution in [-0.2, 0) is 20.4 Å². The highest BCUT2D eigenvalue weighted by Crippen LogP contribution is 2.21. The van der Waals surface area contributed by atoms with Gasteiger partial charge in [0.15, 0.2) is 6.61 Å². The number of benzene rings is 1. The highest BCUT2D eigenvalue weighted by atomic mass is 32.3. The number of aromatic nitrogens is 3. The highest BCUT2D eigenvalue weighted by molar-refractivity contribution is 7.90. The third-order valence-corrected chi connectivity index (χ3v) is 5.06. The summed E-state index contributed by atoms with van der Waals surface area (Å²) in [7, 11) is -6.43. The Hall–Kier alpha value is -4.55.